The standard InChI is InChI=1S/3C15H13N.C11H11N.3C10H10N2/c1-10-4-6-14-13(7-10)9-12-5-3-11(2)8-15(12)16-14;1-10-3-5-14-12(7-10)9-13-8-11(2)4-6-15(13)16-14;1-10-7-8-13-11(2)12-5-3-4-6-14(12)16-15(13)9-10;1-8-3-5-10-6-4-9(2)12-11(10)7-8;1-7-5-9-10(6-8(7)2)12-4-3-11-9;1-7-3-4-9-10(5-7)11-6-8(2)12-9;1-7-3-4-8(2)10-9(7)11-5-6-12-10/h3*3-9H,1-2H3;3-7H,1-2H3;3*3-6H,1-2H3. The number of rotatable bonds is 0. The second-order valence-corrected chi connectivity index (χ2v) is 25.1. The fourth-order valence-corrected chi connectivity index (χ4v) is 11.4. The molecular formula is C86H80N10. The molecule has 0 unspecified atom stereocenters. The maximum atomic E-state index is 4.70. The fraction of sp³-hybridized carbons (Fsp3) is 0.163. The van der Waals surface area contributed by atoms with Gasteiger partial charge in [-0.25, -0.2) is 19.9 Å². The monoisotopic (exact) mass is 1250 g/mol. The van der Waals surface area contributed by atoms with E-state index in [0.717, 1.165) is 83.1 Å². The minimum Gasteiger partial charge on any atom is -0.253 e. The highest BCUT2D eigenvalue weighted by molar-refractivity contribution is 5.98. The van der Waals surface area contributed by atoms with Gasteiger partial charge in [0.15, 0.2) is 0 Å². The Kier molecular flexibility index (Phi) is 20.5. The predicted molar refractivity (Wildman–Crippen MR) is 404 cm³/mol. The lowest BCUT2D eigenvalue weighted by Crippen LogP contribution is -1.88. The summed E-state index contributed by atoms with van der Waals surface area (Å²) in [6.07, 6.45) is 8.69. The second kappa shape index (κ2) is 29.7. The lowest BCUT2D eigenvalue weighted by atomic mass is 10.0. The van der Waals surface area contributed by atoms with Crippen molar-refractivity contribution in [3.63, 3.8) is 0 Å². The molecule has 0 aliphatic heterocycles. The third-order valence-electron chi connectivity index (χ3n) is 16.9. The van der Waals surface area contributed by atoms with E-state index in [1.54, 1.807) is 31.0 Å². The van der Waals surface area contributed by atoms with Crippen LogP contribution in [0.15, 0.2) is 231 Å². The van der Waals surface area contributed by atoms with Gasteiger partial charge in [-0.2, -0.15) is 0 Å². The number of benzene rings is 10. The smallest absolute Gasteiger partial charge is 0.0918 e. The van der Waals surface area contributed by atoms with Gasteiger partial charge in [0.1, 0.15) is 0 Å². The summed E-state index contributed by atoms with van der Waals surface area (Å²) in [6.45, 7) is 29.1. The normalized spacial score (nSPS) is 10.8. The molecule has 0 aliphatic rings. The van der Waals surface area contributed by atoms with Gasteiger partial charge in [0.05, 0.1) is 77.4 Å². The molecule has 10 heteroatoms. The Morgan fingerprint density at radius 2 is 0.594 bits per heavy atom. The van der Waals surface area contributed by atoms with Crippen LogP contribution in [0.2, 0.25) is 0 Å². The highest BCUT2D eigenvalue weighted by Gasteiger charge is 2.07. The molecule has 0 fully saturated rings. The van der Waals surface area contributed by atoms with Crippen LogP contribution in [-0.4, -0.2) is 49.8 Å². The van der Waals surface area contributed by atoms with Gasteiger partial charge in [0.25, 0.3) is 0 Å². The summed E-state index contributed by atoms with van der Waals surface area (Å²) in [4.78, 5) is 44.1. The van der Waals surface area contributed by atoms with E-state index in [-0.39, 0.29) is 0 Å². The Morgan fingerprint density at radius 3 is 1.16 bits per heavy atom. The number of pyridine rings is 4. The maximum absolute atomic E-state index is 4.70. The van der Waals surface area contributed by atoms with Crippen LogP contribution < -0.4 is 0 Å². The number of para-hydroxylation sites is 1. The second-order valence-electron chi connectivity index (χ2n) is 25.1. The van der Waals surface area contributed by atoms with Crippen LogP contribution in [0, 0.1) is 96.9 Å². The van der Waals surface area contributed by atoms with Crippen LogP contribution in [0.4, 0.5) is 0 Å². The molecule has 0 bridgehead atoms. The topological polar surface area (TPSA) is 129 Å². The average molecular weight is 1250 g/mol. The van der Waals surface area contributed by atoms with E-state index in [1.807, 2.05) is 38.1 Å². The van der Waals surface area contributed by atoms with Gasteiger partial charge < -0.3 is 0 Å². The average Bonchev–Trinajstić information content (AvgIpc) is 0.797. The first kappa shape index (κ1) is 66.1. The lowest BCUT2D eigenvalue weighted by molar-refractivity contribution is 1.18. The molecule has 0 saturated heterocycles. The molecule has 0 saturated carbocycles. The number of aryl methyl sites for hydroxylation is 14. The van der Waals surface area contributed by atoms with Gasteiger partial charge in [-0.3, -0.25) is 29.9 Å². The van der Waals surface area contributed by atoms with Crippen molar-refractivity contribution in [1.82, 2.24) is 49.8 Å². The third kappa shape index (κ3) is 16.3. The first-order chi connectivity index (χ1) is 46.3. The number of fused-ring (bicyclic) bond motifs is 10. The third-order valence-corrected chi connectivity index (χ3v) is 16.9. The van der Waals surface area contributed by atoms with Crippen molar-refractivity contribution in [1.29, 1.82) is 0 Å². The van der Waals surface area contributed by atoms with Crippen molar-refractivity contribution in [3.05, 3.63) is 309 Å². The van der Waals surface area contributed by atoms with E-state index >= 15 is 0 Å². The molecule has 7 aromatic heterocycles. The zero-order valence-corrected chi connectivity index (χ0v) is 57.4. The molecule has 0 aliphatic carbocycles. The number of aromatic nitrogens is 10. The van der Waals surface area contributed by atoms with E-state index < -0.39 is 0 Å². The Morgan fingerprint density at radius 1 is 0.208 bits per heavy atom. The number of hydrogen-bond donors (Lipinski definition) is 0. The highest BCUT2D eigenvalue weighted by atomic mass is 14.8. The summed E-state index contributed by atoms with van der Waals surface area (Å²) in [7, 11) is 0. The van der Waals surface area contributed by atoms with E-state index in [0.29, 0.717) is 0 Å². The fourth-order valence-electron chi connectivity index (χ4n) is 11.4. The van der Waals surface area contributed by atoms with Crippen molar-refractivity contribution in [2.24, 2.45) is 0 Å². The summed E-state index contributed by atoms with van der Waals surface area (Å²) < 4.78 is 0. The quantitative estimate of drug-likeness (QED) is 0.135. The van der Waals surface area contributed by atoms with Crippen LogP contribution >= 0.6 is 0 Å². The summed E-state index contributed by atoms with van der Waals surface area (Å²) in [6, 6.07) is 69.6. The summed E-state index contributed by atoms with van der Waals surface area (Å²) >= 11 is 0. The van der Waals surface area contributed by atoms with Gasteiger partial charge >= 0.3 is 0 Å². The molecule has 17 rings (SSSR count). The van der Waals surface area contributed by atoms with Crippen molar-refractivity contribution >= 4 is 109 Å². The molecule has 17 aromatic rings. The Hall–Kier alpha value is -11.4. The first-order valence-corrected chi connectivity index (χ1v) is 32.5. The van der Waals surface area contributed by atoms with E-state index in [4.69, 9.17) is 4.98 Å². The highest BCUT2D eigenvalue weighted by Crippen LogP contribution is 2.27. The van der Waals surface area contributed by atoms with Crippen LogP contribution in [0.3, 0.4) is 0 Å². The molecule has 7 heterocycles. The molecule has 474 valence electrons. The summed E-state index contributed by atoms with van der Waals surface area (Å²) in [5, 5.41) is 8.59. The Labute approximate surface area is 562 Å². The number of hydrogen-bond acceptors (Lipinski definition) is 10. The van der Waals surface area contributed by atoms with Crippen LogP contribution in [0.25, 0.3) is 109 Å². The van der Waals surface area contributed by atoms with E-state index in [1.165, 1.54) is 104 Å². The van der Waals surface area contributed by atoms with Crippen molar-refractivity contribution in [2.45, 2.75) is 96.9 Å². The SMILES string of the molecule is Cc1cc2nccnc2cc1C.Cc1ccc(C)c2nccnc12.Cc1ccc2c(C)c3ccccc3nc2c1.Cc1ccc2ccc(C)nc2c1.Cc1ccc2nc(C)cnc2c1.Cc1ccc2nc3cc(C)ccc3cc2c1.Cc1ccc2nc3ccc(C)cc3cc2c1. The Bertz CT molecular complexity index is 5410. The predicted octanol–water partition coefficient (Wildman–Crippen LogP) is 21.6. The van der Waals surface area contributed by atoms with E-state index in [2.05, 4.69) is 304 Å². The van der Waals surface area contributed by atoms with Crippen molar-refractivity contribution in [2.75, 3.05) is 0 Å². The Balaban J connectivity index is 0.000000114. The maximum Gasteiger partial charge on any atom is 0.0918 e. The summed E-state index contributed by atoms with van der Waals surface area (Å²) in [5.41, 5.74) is 30.6. The molecule has 0 atom stereocenters. The van der Waals surface area contributed by atoms with Gasteiger partial charge in [0.2, 0.25) is 0 Å². The zero-order valence-electron chi connectivity index (χ0n) is 57.4. The lowest BCUT2D eigenvalue weighted by Gasteiger charge is -2.07. The van der Waals surface area contributed by atoms with Gasteiger partial charge in [0, 0.05) is 74.4 Å². The molecule has 10 nitrogen and oxygen atoms in total. The van der Waals surface area contributed by atoms with Crippen molar-refractivity contribution < 1.29 is 0 Å². The molecule has 0 radical (unpaired) electrons. The minimum atomic E-state index is 0.964. The molecule has 0 amide bonds. The minimum absolute atomic E-state index is 0.964. The molecule has 96 heavy (non-hydrogen) atoms. The van der Waals surface area contributed by atoms with Gasteiger partial charge in [-0.15, -0.1) is 0 Å². The van der Waals surface area contributed by atoms with Gasteiger partial charge in [-0.1, -0.05) is 114 Å². The van der Waals surface area contributed by atoms with Crippen LogP contribution in [0.5, 0.6) is 0 Å². The first-order valence-electron chi connectivity index (χ1n) is 32.5. The van der Waals surface area contributed by atoms with Gasteiger partial charge in [-0.05, 0) is 250 Å². The summed E-state index contributed by atoms with van der Waals surface area (Å²) in [5.74, 6) is 0. The molecule has 10 aromatic carbocycles. The molecule has 0 spiro atoms. The van der Waals surface area contributed by atoms with Crippen molar-refractivity contribution in [3.8, 4) is 0 Å². The zero-order chi connectivity index (χ0) is 67.6. The molecule has 0 N–H and O–H groups in total. The van der Waals surface area contributed by atoms with Crippen LogP contribution in [0.1, 0.15) is 78.1 Å². The van der Waals surface area contributed by atoms with E-state index in [9.17, 15) is 0 Å². The van der Waals surface area contributed by atoms with Crippen LogP contribution in [-0.2, 0) is 0 Å². The number of nitrogens with zero attached hydrogens (tertiary/aromatic N) is 10. The largest absolute Gasteiger partial charge is 0.253 e. The molecular weight excluding hydrogens is 1170 g/mol.